The molecule has 0 aromatic heterocycles. The lowest BCUT2D eigenvalue weighted by atomic mass is 10.0. The third-order valence-corrected chi connectivity index (χ3v) is 5.02. The molecular weight excluding hydrogens is 270 g/mol. The van der Waals surface area contributed by atoms with Crippen molar-refractivity contribution < 1.29 is 28.7 Å². The fourth-order valence-electron chi connectivity index (χ4n) is 1.48. The van der Waals surface area contributed by atoms with Gasteiger partial charge in [0.2, 0.25) is 0 Å². The molecule has 0 rings (SSSR count). The molecule has 0 aliphatic rings. The molecule has 0 aromatic rings. The molecule has 0 aliphatic heterocycles. The minimum atomic E-state index is -4.50. The van der Waals surface area contributed by atoms with Crippen LogP contribution in [0.3, 0.4) is 0 Å². The number of rotatable bonds is 7. The van der Waals surface area contributed by atoms with Crippen LogP contribution in [-0.2, 0) is 9.13 Å². The molecule has 1 atom stereocenters. The first-order valence-electron chi connectivity index (χ1n) is 5.07. The average Bonchev–Trinajstić information content (AvgIpc) is 2.08. The van der Waals surface area contributed by atoms with E-state index in [1.807, 2.05) is 0 Å². The second-order valence-electron chi connectivity index (χ2n) is 4.10. The Morgan fingerprint density at radius 3 is 1.94 bits per heavy atom. The predicted molar refractivity (Wildman–Crippen MR) is 63.4 cm³/mol. The monoisotopic (exact) mass is 290 g/mol. The highest BCUT2D eigenvalue weighted by Crippen LogP contribution is 2.48. The van der Waals surface area contributed by atoms with Crippen LogP contribution in [0, 0.1) is 0 Å². The molecule has 0 heterocycles. The highest BCUT2D eigenvalue weighted by atomic mass is 31.2. The molecule has 0 saturated carbocycles. The van der Waals surface area contributed by atoms with Crippen LogP contribution in [0.15, 0.2) is 0 Å². The smallest absolute Gasteiger partial charge is 0.324 e. The number of nitrogens with two attached hydrogens (primary N) is 2. The second kappa shape index (κ2) is 5.91. The SMILES string of the molecule is CCC(N)(N)C(CCCP(=O)(O)O)P(=O)(O)O. The second-order valence-corrected chi connectivity index (χ2v) is 7.68. The molecule has 8 nitrogen and oxygen atoms in total. The van der Waals surface area contributed by atoms with E-state index in [-0.39, 0.29) is 19.3 Å². The molecule has 0 radical (unpaired) electrons. The van der Waals surface area contributed by atoms with Crippen LogP contribution < -0.4 is 11.5 Å². The van der Waals surface area contributed by atoms with Crippen molar-refractivity contribution in [3.05, 3.63) is 0 Å². The van der Waals surface area contributed by atoms with Crippen molar-refractivity contribution >= 4 is 15.2 Å². The molecule has 0 amide bonds. The van der Waals surface area contributed by atoms with Crippen LogP contribution in [0.1, 0.15) is 26.2 Å². The molecule has 17 heavy (non-hydrogen) atoms. The summed E-state index contributed by atoms with van der Waals surface area (Å²) < 4.78 is 21.9. The number of hydrogen-bond acceptors (Lipinski definition) is 4. The fraction of sp³-hybridized carbons (Fsp3) is 1.00. The van der Waals surface area contributed by atoms with Crippen molar-refractivity contribution in [1.29, 1.82) is 0 Å². The average molecular weight is 290 g/mol. The third-order valence-electron chi connectivity index (χ3n) is 2.57. The van der Waals surface area contributed by atoms with E-state index in [0.29, 0.717) is 0 Å². The summed E-state index contributed by atoms with van der Waals surface area (Å²) in [4.78, 5) is 35.6. The molecule has 0 aliphatic carbocycles. The summed E-state index contributed by atoms with van der Waals surface area (Å²) >= 11 is 0. The maximum Gasteiger partial charge on any atom is 0.331 e. The van der Waals surface area contributed by atoms with Gasteiger partial charge < -0.3 is 31.0 Å². The van der Waals surface area contributed by atoms with Gasteiger partial charge in [-0.25, -0.2) is 0 Å². The van der Waals surface area contributed by atoms with E-state index < -0.39 is 32.7 Å². The van der Waals surface area contributed by atoms with Crippen LogP contribution in [0.2, 0.25) is 0 Å². The van der Waals surface area contributed by atoms with Gasteiger partial charge in [-0.05, 0) is 19.3 Å². The van der Waals surface area contributed by atoms with Crippen molar-refractivity contribution in [2.24, 2.45) is 11.5 Å². The molecule has 0 saturated heterocycles. The Morgan fingerprint density at radius 1 is 1.18 bits per heavy atom. The highest BCUT2D eigenvalue weighted by molar-refractivity contribution is 7.52. The lowest BCUT2D eigenvalue weighted by molar-refractivity contribution is 0.296. The van der Waals surface area contributed by atoms with Gasteiger partial charge in [0.15, 0.2) is 0 Å². The molecule has 1 unspecified atom stereocenters. The van der Waals surface area contributed by atoms with Crippen LogP contribution >= 0.6 is 15.2 Å². The Kier molecular flexibility index (Phi) is 5.98. The normalized spacial score (nSPS) is 15.9. The Balaban J connectivity index is 4.66. The van der Waals surface area contributed by atoms with Gasteiger partial charge in [0, 0.05) is 6.16 Å². The maximum absolute atomic E-state index is 11.2. The van der Waals surface area contributed by atoms with Crippen LogP contribution in [0.5, 0.6) is 0 Å². The van der Waals surface area contributed by atoms with E-state index in [2.05, 4.69) is 0 Å². The first-order chi connectivity index (χ1) is 7.40. The van der Waals surface area contributed by atoms with Gasteiger partial charge in [-0.1, -0.05) is 6.92 Å². The van der Waals surface area contributed by atoms with E-state index in [1.54, 1.807) is 6.92 Å². The zero-order chi connectivity index (χ0) is 13.9. The standard InChI is InChI=1S/C7H20N2O6P2/c1-2-7(8,9)6(17(13,14)15)4-3-5-16(10,11)12/h6H,2-5,8-9H2,1H3,(H2,10,11,12)(H2,13,14,15). The third kappa shape index (κ3) is 6.64. The molecule has 0 bridgehead atoms. The topological polar surface area (TPSA) is 167 Å². The first kappa shape index (κ1) is 17.2. The molecule has 104 valence electrons. The highest BCUT2D eigenvalue weighted by Gasteiger charge is 2.41. The lowest BCUT2D eigenvalue weighted by Gasteiger charge is -2.33. The van der Waals surface area contributed by atoms with Gasteiger partial charge >= 0.3 is 15.2 Å². The van der Waals surface area contributed by atoms with Crippen molar-refractivity contribution in [3.8, 4) is 0 Å². The van der Waals surface area contributed by atoms with Crippen molar-refractivity contribution in [2.75, 3.05) is 6.16 Å². The van der Waals surface area contributed by atoms with E-state index in [9.17, 15) is 9.13 Å². The summed E-state index contributed by atoms with van der Waals surface area (Å²) in [5.74, 6) is 0. The van der Waals surface area contributed by atoms with Gasteiger partial charge in [-0.2, -0.15) is 0 Å². The minimum absolute atomic E-state index is 0.0454. The maximum atomic E-state index is 11.2. The minimum Gasteiger partial charge on any atom is -0.324 e. The molecule has 8 N–H and O–H groups in total. The Hall–Kier alpha value is 0.220. The van der Waals surface area contributed by atoms with Gasteiger partial charge in [-0.3, -0.25) is 9.13 Å². The molecule has 0 fully saturated rings. The summed E-state index contributed by atoms with van der Waals surface area (Å²) in [7, 11) is -8.67. The Bertz CT molecular complexity index is 335. The zero-order valence-corrected chi connectivity index (χ0v) is 11.3. The van der Waals surface area contributed by atoms with Crippen molar-refractivity contribution in [1.82, 2.24) is 0 Å². The molecule has 10 heteroatoms. The fourth-order valence-corrected chi connectivity index (χ4v) is 3.40. The van der Waals surface area contributed by atoms with Crippen LogP contribution in [0.4, 0.5) is 0 Å². The first-order valence-corrected chi connectivity index (χ1v) is 8.55. The molecule has 0 aromatic carbocycles. The lowest BCUT2D eigenvalue weighted by Crippen LogP contribution is -2.58. The largest absolute Gasteiger partial charge is 0.331 e. The van der Waals surface area contributed by atoms with E-state index in [1.165, 1.54) is 0 Å². The van der Waals surface area contributed by atoms with Crippen LogP contribution in [-0.4, -0.2) is 37.1 Å². The van der Waals surface area contributed by atoms with E-state index in [4.69, 9.17) is 31.0 Å². The van der Waals surface area contributed by atoms with Crippen molar-refractivity contribution in [3.63, 3.8) is 0 Å². The Morgan fingerprint density at radius 2 is 1.65 bits per heavy atom. The summed E-state index contributed by atoms with van der Waals surface area (Å²) in [6.45, 7) is 1.59. The Labute approximate surface area is 99.7 Å². The van der Waals surface area contributed by atoms with Crippen LogP contribution in [0.25, 0.3) is 0 Å². The predicted octanol–water partition coefficient (Wildman–Crippen LogP) is -0.486. The zero-order valence-electron chi connectivity index (χ0n) is 9.56. The number of hydrogen-bond donors (Lipinski definition) is 6. The van der Waals surface area contributed by atoms with Crippen molar-refractivity contribution in [2.45, 2.75) is 37.5 Å². The summed E-state index contributed by atoms with van der Waals surface area (Å²) in [6, 6.07) is 0. The van der Waals surface area contributed by atoms with E-state index >= 15 is 0 Å². The summed E-state index contributed by atoms with van der Waals surface area (Å²) in [6.07, 6.45) is -0.464. The summed E-state index contributed by atoms with van der Waals surface area (Å²) in [5, 5.41) is 0. The molecular formula is C7H20N2O6P2. The van der Waals surface area contributed by atoms with Gasteiger partial charge in [0.1, 0.15) is 0 Å². The quantitative estimate of drug-likeness (QED) is 0.270. The van der Waals surface area contributed by atoms with Gasteiger partial charge in [0.05, 0.1) is 11.3 Å². The molecule has 0 spiro atoms. The summed E-state index contributed by atoms with van der Waals surface area (Å²) in [5.41, 5.74) is 8.33. The van der Waals surface area contributed by atoms with Gasteiger partial charge in [-0.15, -0.1) is 0 Å². The van der Waals surface area contributed by atoms with E-state index in [0.717, 1.165) is 0 Å². The van der Waals surface area contributed by atoms with Gasteiger partial charge in [0.25, 0.3) is 0 Å².